The van der Waals surface area contributed by atoms with Gasteiger partial charge < -0.3 is 89.9 Å². The number of rotatable bonds is 67. The number of unbranched alkanes of at least 4 members (excludes halogenated alkanes) is 33. The van der Waals surface area contributed by atoms with E-state index in [1.165, 1.54) is 167 Å². The summed E-state index contributed by atoms with van der Waals surface area (Å²) in [7, 11) is 0. The number of aliphatic hydroxyl groups is 11. The van der Waals surface area contributed by atoms with Gasteiger partial charge in [0, 0.05) is 6.42 Å². The van der Waals surface area contributed by atoms with Crippen molar-refractivity contribution in [3.63, 3.8) is 0 Å². The average Bonchev–Trinajstić information content (AvgIpc) is 0.779. The van der Waals surface area contributed by atoms with Crippen LogP contribution >= 0.6 is 0 Å². The van der Waals surface area contributed by atoms with E-state index in [2.05, 4.69) is 129 Å². The predicted molar refractivity (Wildman–Crippen MR) is 433 cm³/mol. The predicted octanol–water partition coefficient (Wildman–Crippen LogP) is 15.5. The SMILES string of the molecule is CC/C=C\C/C=C\C/C=C\C/C=C\C/C=C\C/C=C\C/C=C\C/C=C\CCCCCCCCCCCCCCC(=O)NC(COC1OC(CO)C(OC2OC(CO)C(OC3OC(CO)C(O)C(O)C3O)C(O)C2O)C(O)C1O)C(O)/C=C/CC/C=C/CCCCCCCCCCCCCCCCCCCCCC. The normalized spacial score (nSPS) is 26.0. The summed E-state index contributed by atoms with van der Waals surface area (Å²) in [5.41, 5.74) is 0. The topological polar surface area (TPSA) is 307 Å². The molecular formula is C89H153NO18. The van der Waals surface area contributed by atoms with Gasteiger partial charge in [-0.3, -0.25) is 4.79 Å². The van der Waals surface area contributed by atoms with E-state index in [0.29, 0.717) is 12.8 Å². The quantitative estimate of drug-likeness (QED) is 0.0199. The Hall–Kier alpha value is -3.81. The van der Waals surface area contributed by atoms with Gasteiger partial charge >= 0.3 is 0 Å². The summed E-state index contributed by atoms with van der Waals surface area (Å²) in [6, 6.07) is -1.00. The Balaban J connectivity index is 1.36. The Bertz CT molecular complexity index is 2420. The fourth-order valence-corrected chi connectivity index (χ4v) is 13.7. The van der Waals surface area contributed by atoms with Gasteiger partial charge in [-0.2, -0.15) is 0 Å². The fourth-order valence-electron chi connectivity index (χ4n) is 13.7. The lowest BCUT2D eigenvalue weighted by Gasteiger charge is -2.48. The second kappa shape index (κ2) is 67.7. The molecule has 17 atom stereocenters. The molecule has 0 spiro atoms. The molecule has 3 aliphatic heterocycles. The zero-order valence-electron chi connectivity index (χ0n) is 66.8. The van der Waals surface area contributed by atoms with Crippen LogP contribution < -0.4 is 5.32 Å². The largest absolute Gasteiger partial charge is 0.394 e. The molecular weight excluding hydrogens is 1370 g/mol. The zero-order chi connectivity index (χ0) is 78.1. The van der Waals surface area contributed by atoms with E-state index in [9.17, 15) is 61.0 Å². The van der Waals surface area contributed by atoms with Crippen molar-refractivity contribution in [2.75, 3.05) is 26.4 Å². The lowest BCUT2D eigenvalue weighted by atomic mass is 9.96. The molecule has 3 heterocycles. The van der Waals surface area contributed by atoms with Gasteiger partial charge in [0.15, 0.2) is 18.9 Å². The van der Waals surface area contributed by atoms with Gasteiger partial charge in [0.2, 0.25) is 5.91 Å². The van der Waals surface area contributed by atoms with Gasteiger partial charge in [-0.1, -0.05) is 322 Å². The van der Waals surface area contributed by atoms with Gasteiger partial charge in [0.05, 0.1) is 38.6 Å². The van der Waals surface area contributed by atoms with Crippen molar-refractivity contribution in [3.05, 3.63) is 122 Å². The number of hydrogen-bond acceptors (Lipinski definition) is 18. The molecule has 3 rings (SSSR count). The highest BCUT2D eigenvalue weighted by Gasteiger charge is 2.54. The molecule has 0 aliphatic carbocycles. The molecule has 19 heteroatoms. The number of aliphatic hydroxyl groups excluding tert-OH is 11. The minimum atomic E-state index is -1.99. The summed E-state index contributed by atoms with van der Waals surface area (Å²) >= 11 is 0. The second-order valence-electron chi connectivity index (χ2n) is 29.9. The maximum atomic E-state index is 13.5. The van der Waals surface area contributed by atoms with Gasteiger partial charge in [0.1, 0.15) is 73.2 Å². The van der Waals surface area contributed by atoms with Crippen LogP contribution in [0.5, 0.6) is 0 Å². The van der Waals surface area contributed by atoms with Crippen LogP contribution in [0.1, 0.15) is 303 Å². The summed E-state index contributed by atoms with van der Waals surface area (Å²) in [6.07, 6.45) is 69.0. The van der Waals surface area contributed by atoms with E-state index in [1.54, 1.807) is 6.08 Å². The van der Waals surface area contributed by atoms with Gasteiger partial charge in [-0.25, -0.2) is 0 Å². The smallest absolute Gasteiger partial charge is 0.220 e. The Morgan fingerprint density at radius 1 is 0.343 bits per heavy atom. The van der Waals surface area contributed by atoms with Crippen molar-refractivity contribution in [3.8, 4) is 0 Å². The summed E-state index contributed by atoms with van der Waals surface area (Å²) in [5.74, 6) is -0.289. The molecule has 1 amide bonds. The van der Waals surface area contributed by atoms with Gasteiger partial charge in [-0.05, 0) is 96.3 Å². The monoisotopic (exact) mass is 1520 g/mol. The van der Waals surface area contributed by atoms with E-state index < -0.39 is 124 Å². The molecule has 0 saturated carbocycles. The standard InChI is InChI=1S/C89H153NO18/c1-3-5-7-9-11-13-15-17-19-21-23-25-27-29-31-32-33-34-35-36-37-38-39-40-41-43-45-47-49-51-53-55-57-59-61-63-65-67-77(95)90-72(73(94)66-64-62-60-58-56-54-52-50-48-46-44-42-30-28-26-24-22-20-18-16-14-12-10-8-6-4-2)71-103-87-83(101)80(98)85(75(69-92)105-87)108-89-84(102)81(99)86(76(70-93)106-89)107-88-82(100)79(97)78(96)74(68-91)104-88/h5,7,11,13,17,19,23,25,29,31,33-34,36-37,39-40,56,58,64,66,72-76,78-89,91-94,96-102H,3-4,6,8-10,12,14-16,18,20-22,24,26-28,30,32,35,38,41-55,57,59-63,65,67-71H2,1-2H3,(H,90,95)/b7-5-,13-11-,19-17-,25-23-,31-29-,34-33-,37-36-,40-39-,58-56+,66-64+. The van der Waals surface area contributed by atoms with Crippen molar-refractivity contribution in [1.29, 1.82) is 0 Å². The summed E-state index contributed by atoms with van der Waals surface area (Å²) in [4.78, 5) is 13.5. The Morgan fingerprint density at radius 3 is 1.04 bits per heavy atom. The Labute approximate surface area is 652 Å². The number of allylic oxidation sites excluding steroid dienone is 19. The first kappa shape index (κ1) is 98.4. The average molecular weight is 1530 g/mol. The van der Waals surface area contributed by atoms with Crippen LogP contribution in [0, 0.1) is 0 Å². The zero-order valence-corrected chi connectivity index (χ0v) is 66.8. The highest BCUT2D eigenvalue weighted by Crippen LogP contribution is 2.33. The molecule has 0 bridgehead atoms. The van der Waals surface area contributed by atoms with Crippen LogP contribution in [0.2, 0.25) is 0 Å². The molecule has 0 aromatic rings. The lowest BCUT2D eigenvalue weighted by molar-refractivity contribution is -0.379. The maximum absolute atomic E-state index is 13.5. The number of carbonyl (C=O) groups excluding carboxylic acids is 1. The summed E-state index contributed by atoms with van der Waals surface area (Å²) in [6.45, 7) is 1.63. The molecule has 0 aromatic heterocycles. The van der Waals surface area contributed by atoms with Crippen LogP contribution in [0.4, 0.5) is 0 Å². The van der Waals surface area contributed by atoms with E-state index in [4.69, 9.17) is 28.4 Å². The van der Waals surface area contributed by atoms with Crippen LogP contribution in [-0.4, -0.2) is 193 Å². The first-order chi connectivity index (χ1) is 52.8. The van der Waals surface area contributed by atoms with Crippen LogP contribution in [-0.2, 0) is 33.2 Å². The molecule has 12 N–H and O–H groups in total. The second-order valence-corrected chi connectivity index (χ2v) is 29.9. The molecule has 0 radical (unpaired) electrons. The molecule has 17 unspecified atom stereocenters. The third kappa shape index (κ3) is 46.4. The highest BCUT2D eigenvalue weighted by atomic mass is 16.8. The van der Waals surface area contributed by atoms with Crippen molar-refractivity contribution >= 4 is 5.91 Å². The van der Waals surface area contributed by atoms with E-state index >= 15 is 0 Å². The molecule has 3 saturated heterocycles. The minimum Gasteiger partial charge on any atom is -0.394 e. The maximum Gasteiger partial charge on any atom is 0.220 e. The van der Waals surface area contributed by atoms with Crippen molar-refractivity contribution in [1.82, 2.24) is 5.32 Å². The fraction of sp³-hybridized carbons (Fsp3) is 0.764. The highest BCUT2D eigenvalue weighted by molar-refractivity contribution is 5.76. The number of amides is 1. The lowest BCUT2D eigenvalue weighted by Crippen LogP contribution is -2.66. The summed E-state index contributed by atoms with van der Waals surface area (Å²) < 4.78 is 34.5. The van der Waals surface area contributed by atoms with Crippen LogP contribution in [0.25, 0.3) is 0 Å². The number of carbonyl (C=O) groups is 1. The number of hydrogen-bond donors (Lipinski definition) is 12. The molecule has 3 aliphatic rings. The Kier molecular flexibility index (Phi) is 61.6. The summed E-state index contributed by atoms with van der Waals surface area (Å²) in [5, 5.41) is 121. The molecule has 19 nitrogen and oxygen atoms in total. The molecule has 0 aromatic carbocycles. The third-order valence-electron chi connectivity index (χ3n) is 20.5. The minimum absolute atomic E-state index is 0.226. The van der Waals surface area contributed by atoms with E-state index in [-0.39, 0.29) is 18.9 Å². The van der Waals surface area contributed by atoms with Crippen molar-refractivity contribution < 1.29 is 89.4 Å². The number of ether oxygens (including phenoxy) is 6. The van der Waals surface area contributed by atoms with E-state index in [0.717, 1.165) is 103 Å². The first-order valence-electron chi connectivity index (χ1n) is 42.8. The first-order valence-corrected chi connectivity index (χ1v) is 42.8. The van der Waals surface area contributed by atoms with Crippen molar-refractivity contribution in [2.45, 2.75) is 407 Å². The van der Waals surface area contributed by atoms with Crippen molar-refractivity contribution in [2.24, 2.45) is 0 Å². The molecule has 108 heavy (non-hydrogen) atoms. The molecule has 622 valence electrons. The third-order valence-corrected chi connectivity index (χ3v) is 20.5. The van der Waals surface area contributed by atoms with Crippen LogP contribution in [0.15, 0.2) is 122 Å². The van der Waals surface area contributed by atoms with Crippen LogP contribution in [0.3, 0.4) is 0 Å². The Morgan fingerprint density at radius 2 is 0.648 bits per heavy atom. The van der Waals surface area contributed by atoms with Gasteiger partial charge in [0.25, 0.3) is 0 Å². The van der Waals surface area contributed by atoms with Gasteiger partial charge in [-0.15, -0.1) is 0 Å². The number of nitrogens with one attached hydrogen (secondary N) is 1. The molecule has 3 fully saturated rings. The van der Waals surface area contributed by atoms with E-state index in [1.807, 2.05) is 6.08 Å².